The lowest BCUT2D eigenvalue weighted by Gasteiger charge is -2.13. The number of carboxylic acids is 2. The summed E-state index contributed by atoms with van der Waals surface area (Å²) in [4.78, 5) is 21.5. The number of carboxylic acid groups (broad SMARTS) is 2. The van der Waals surface area contributed by atoms with E-state index in [1.54, 1.807) is 0 Å². The van der Waals surface area contributed by atoms with Gasteiger partial charge in [-0.2, -0.15) is 0 Å². The van der Waals surface area contributed by atoms with Crippen LogP contribution in [0.4, 0.5) is 0 Å². The van der Waals surface area contributed by atoms with E-state index in [4.69, 9.17) is 10.2 Å². The normalized spacial score (nSPS) is 12.7. The second-order valence-electron chi connectivity index (χ2n) is 3.37. The SMILES string of the molecule is CCC[S+](CCC)C(CC(=O)O)C(=O)O. The van der Waals surface area contributed by atoms with E-state index in [9.17, 15) is 9.59 Å². The van der Waals surface area contributed by atoms with E-state index in [1.165, 1.54) is 0 Å². The van der Waals surface area contributed by atoms with Crippen LogP contribution >= 0.6 is 0 Å². The van der Waals surface area contributed by atoms with Gasteiger partial charge >= 0.3 is 11.9 Å². The summed E-state index contributed by atoms with van der Waals surface area (Å²) >= 11 is 0. The van der Waals surface area contributed by atoms with Crippen molar-refractivity contribution in [3.05, 3.63) is 0 Å². The highest BCUT2D eigenvalue weighted by Gasteiger charge is 2.37. The van der Waals surface area contributed by atoms with Crippen molar-refractivity contribution < 1.29 is 19.8 Å². The third kappa shape index (κ3) is 5.67. The molecule has 0 fully saturated rings. The molecule has 0 aliphatic heterocycles. The first-order valence-corrected chi connectivity index (χ1v) is 6.76. The molecular formula is C10H19O4S+. The summed E-state index contributed by atoms with van der Waals surface area (Å²) in [6, 6.07) is 0. The first-order chi connectivity index (χ1) is 7.02. The molecule has 0 bridgehead atoms. The van der Waals surface area contributed by atoms with Crippen molar-refractivity contribution in [1.82, 2.24) is 0 Å². The van der Waals surface area contributed by atoms with Crippen LogP contribution in [-0.4, -0.2) is 38.9 Å². The Morgan fingerprint density at radius 1 is 1.13 bits per heavy atom. The van der Waals surface area contributed by atoms with Gasteiger partial charge in [0.25, 0.3) is 0 Å². The predicted octanol–water partition coefficient (Wildman–Crippen LogP) is 1.35. The summed E-state index contributed by atoms with van der Waals surface area (Å²) in [7, 11) is -0.293. The lowest BCUT2D eigenvalue weighted by atomic mass is 10.3. The molecule has 0 aromatic rings. The van der Waals surface area contributed by atoms with Gasteiger partial charge in [-0.05, 0) is 12.8 Å². The molecule has 0 aliphatic carbocycles. The maximum atomic E-state index is 11.0. The van der Waals surface area contributed by atoms with Gasteiger partial charge in [0.15, 0.2) is 0 Å². The summed E-state index contributed by atoms with van der Waals surface area (Å²) < 4.78 is 0. The number of rotatable bonds is 8. The maximum absolute atomic E-state index is 11.0. The van der Waals surface area contributed by atoms with Crippen molar-refractivity contribution in [3.63, 3.8) is 0 Å². The minimum Gasteiger partial charge on any atom is -0.481 e. The molecule has 0 heterocycles. The third-order valence-electron chi connectivity index (χ3n) is 1.97. The van der Waals surface area contributed by atoms with E-state index in [0.29, 0.717) is 0 Å². The van der Waals surface area contributed by atoms with Crippen LogP contribution < -0.4 is 0 Å². The quantitative estimate of drug-likeness (QED) is 0.623. The first kappa shape index (κ1) is 14.3. The summed E-state index contributed by atoms with van der Waals surface area (Å²) in [5.74, 6) is -0.356. The zero-order valence-electron chi connectivity index (χ0n) is 9.23. The van der Waals surface area contributed by atoms with Crippen molar-refractivity contribution in [3.8, 4) is 0 Å². The van der Waals surface area contributed by atoms with Gasteiger partial charge in [0.2, 0.25) is 5.25 Å². The molecule has 15 heavy (non-hydrogen) atoms. The lowest BCUT2D eigenvalue weighted by Crippen LogP contribution is -2.36. The Morgan fingerprint density at radius 3 is 1.87 bits per heavy atom. The molecule has 0 amide bonds. The van der Waals surface area contributed by atoms with Gasteiger partial charge < -0.3 is 10.2 Å². The largest absolute Gasteiger partial charge is 0.481 e. The fourth-order valence-corrected chi connectivity index (χ4v) is 3.90. The summed E-state index contributed by atoms with van der Waals surface area (Å²) in [6.07, 6.45) is 1.57. The predicted molar refractivity (Wildman–Crippen MR) is 61.4 cm³/mol. The Balaban J connectivity index is 4.50. The zero-order chi connectivity index (χ0) is 11.8. The number of carbonyl (C=O) groups is 2. The Hall–Kier alpha value is -0.710. The molecule has 0 radical (unpaired) electrons. The van der Waals surface area contributed by atoms with Gasteiger partial charge in [-0.3, -0.25) is 4.79 Å². The Labute approximate surface area is 93.0 Å². The lowest BCUT2D eigenvalue weighted by molar-refractivity contribution is -0.143. The van der Waals surface area contributed by atoms with Crippen LogP contribution in [0, 0.1) is 0 Å². The standard InChI is InChI=1S/C10H18O4S/c1-3-5-15(6-4-2)8(10(13)14)7-9(11)12/h8H,3-7H2,1-2H3,(H-,11,12,13,14)/p+1. The van der Waals surface area contributed by atoms with E-state index in [0.717, 1.165) is 24.3 Å². The van der Waals surface area contributed by atoms with Crippen LogP contribution in [-0.2, 0) is 20.5 Å². The van der Waals surface area contributed by atoms with Crippen LogP contribution in [0.15, 0.2) is 0 Å². The number of hydrogen-bond acceptors (Lipinski definition) is 2. The van der Waals surface area contributed by atoms with E-state index < -0.39 is 17.2 Å². The highest BCUT2D eigenvalue weighted by Crippen LogP contribution is 2.14. The molecule has 2 N–H and O–H groups in total. The molecule has 88 valence electrons. The van der Waals surface area contributed by atoms with Gasteiger partial charge in [-0.15, -0.1) is 0 Å². The molecule has 0 aromatic carbocycles. The van der Waals surface area contributed by atoms with Crippen LogP contribution in [0.3, 0.4) is 0 Å². The van der Waals surface area contributed by atoms with Crippen molar-refractivity contribution >= 4 is 22.8 Å². The summed E-state index contributed by atoms with van der Waals surface area (Å²) in [5.41, 5.74) is 0. The van der Waals surface area contributed by atoms with E-state index in [-0.39, 0.29) is 17.3 Å². The molecule has 1 atom stereocenters. The second-order valence-corrected chi connectivity index (χ2v) is 5.83. The summed E-state index contributed by atoms with van der Waals surface area (Å²) in [5, 5.41) is 16.9. The van der Waals surface area contributed by atoms with Crippen molar-refractivity contribution in [2.45, 2.75) is 38.4 Å². The summed E-state index contributed by atoms with van der Waals surface area (Å²) in [6.45, 7) is 3.99. The van der Waals surface area contributed by atoms with E-state index in [1.807, 2.05) is 13.8 Å². The van der Waals surface area contributed by atoms with Crippen LogP contribution in [0.1, 0.15) is 33.1 Å². The average molecular weight is 235 g/mol. The zero-order valence-corrected chi connectivity index (χ0v) is 10.0. The van der Waals surface area contributed by atoms with E-state index in [2.05, 4.69) is 0 Å². The molecule has 0 spiro atoms. The van der Waals surface area contributed by atoms with Crippen molar-refractivity contribution in [2.24, 2.45) is 0 Å². The van der Waals surface area contributed by atoms with Crippen molar-refractivity contribution in [1.29, 1.82) is 0 Å². The Morgan fingerprint density at radius 2 is 1.60 bits per heavy atom. The van der Waals surface area contributed by atoms with Gasteiger partial charge in [-0.25, -0.2) is 4.79 Å². The van der Waals surface area contributed by atoms with Gasteiger partial charge in [0.05, 0.1) is 0 Å². The topological polar surface area (TPSA) is 74.6 Å². The Bertz CT molecular complexity index is 211. The minimum atomic E-state index is -1.02. The molecular weight excluding hydrogens is 216 g/mol. The number of aliphatic carboxylic acids is 2. The van der Waals surface area contributed by atoms with Gasteiger partial charge in [0.1, 0.15) is 17.9 Å². The maximum Gasteiger partial charge on any atom is 0.357 e. The smallest absolute Gasteiger partial charge is 0.357 e. The monoisotopic (exact) mass is 235 g/mol. The van der Waals surface area contributed by atoms with Crippen LogP contribution in [0.5, 0.6) is 0 Å². The van der Waals surface area contributed by atoms with Crippen LogP contribution in [0.2, 0.25) is 0 Å². The molecule has 4 nitrogen and oxygen atoms in total. The second kappa shape index (κ2) is 7.56. The van der Waals surface area contributed by atoms with Gasteiger partial charge in [-0.1, -0.05) is 13.8 Å². The highest BCUT2D eigenvalue weighted by atomic mass is 32.2. The highest BCUT2D eigenvalue weighted by molar-refractivity contribution is 7.98. The molecule has 0 aliphatic rings. The first-order valence-electron chi connectivity index (χ1n) is 5.13. The molecule has 0 saturated heterocycles. The molecule has 5 heteroatoms. The molecule has 1 unspecified atom stereocenters. The van der Waals surface area contributed by atoms with Crippen molar-refractivity contribution in [2.75, 3.05) is 11.5 Å². The van der Waals surface area contributed by atoms with Crippen LogP contribution in [0.25, 0.3) is 0 Å². The number of hydrogen-bond donors (Lipinski definition) is 2. The fourth-order valence-electron chi connectivity index (χ4n) is 1.42. The minimum absolute atomic E-state index is 0.252. The molecule has 0 aromatic heterocycles. The Kier molecular flexibility index (Phi) is 7.21. The molecule has 0 rings (SSSR count). The third-order valence-corrected chi connectivity index (χ3v) is 5.01. The fraction of sp³-hybridized carbons (Fsp3) is 0.800. The molecule has 0 saturated carbocycles. The van der Waals surface area contributed by atoms with Gasteiger partial charge in [0, 0.05) is 10.9 Å². The van der Waals surface area contributed by atoms with E-state index >= 15 is 0 Å². The average Bonchev–Trinajstić information content (AvgIpc) is 2.13.